The number of benzene rings is 1. The zero-order valence-electron chi connectivity index (χ0n) is 24.4. The lowest BCUT2D eigenvalue weighted by molar-refractivity contribution is -0.227. The Bertz CT molecular complexity index is 1550. The van der Waals surface area contributed by atoms with Crippen LogP contribution >= 0.6 is 0 Å². The van der Waals surface area contributed by atoms with E-state index in [1.54, 1.807) is 18.2 Å². The number of amides is 3. The van der Waals surface area contributed by atoms with Crippen LogP contribution in [0.3, 0.4) is 0 Å². The minimum absolute atomic E-state index is 0.00752. The van der Waals surface area contributed by atoms with Crippen LogP contribution in [0.5, 0.6) is 0 Å². The van der Waals surface area contributed by atoms with E-state index in [2.05, 4.69) is 30.9 Å². The number of aromatic nitrogens is 4. The fraction of sp³-hybridized carbons (Fsp3) is 0.607. The summed E-state index contributed by atoms with van der Waals surface area (Å²) in [5, 5.41) is 12.4. The summed E-state index contributed by atoms with van der Waals surface area (Å²) in [6.45, 7) is 0.631. The summed E-state index contributed by atoms with van der Waals surface area (Å²) in [5.41, 5.74) is 1.52. The van der Waals surface area contributed by atoms with E-state index in [4.69, 9.17) is 14.1 Å². The molecule has 1 saturated heterocycles. The monoisotopic (exact) mass is 641 g/mol. The molecular weight excluding hydrogens is 609 g/mol. The van der Waals surface area contributed by atoms with Gasteiger partial charge < -0.3 is 30.0 Å². The third-order valence-corrected chi connectivity index (χ3v) is 8.08. The van der Waals surface area contributed by atoms with Gasteiger partial charge in [-0.15, -0.1) is 0 Å². The number of imidazole rings is 1. The number of halogens is 5. The molecule has 1 aliphatic heterocycles. The van der Waals surface area contributed by atoms with Gasteiger partial charge in [-0.25, -0.2) is 23.2 Å². The number of urea groups is 1. The highest BCUT2D eigenvalue weighted by atomic mass is 19.4. The maximum atomic E-state index is 14.3. The topological polar surface area (TPSA) is 148 Å². The van der Waals surface area contributed by atoms with Crippen molar-refractivity contribution in [2.24, 2.45) is 0 Å². The Morgan fingerprint density at radius 2 is 1.96 bits per heavy atom. The van der Waals surface area contributed by atoms with Gasteiger partial charge in [0.2, 0.25) is 0 Å². The van der Waals surface area contributed by atoms with Crippen LogP contribution in [0.4, 0.5) is 26.7 Å². The van der Waals surface area contributed by atoms with Gasteiger partial charge in [0.1, 0.15) is 17.6 Å². The molecule has 0 radical (unpaired) electrons. The molecule has 3 N–H and O–H groups in total. The molecule has 3 aromatic rings. The fourth-order valence-corrected chi connectivity index (χ4v) is 5.23. The number of hydrogen-bond donors (Lipinski definition) is 3. The SMILES string of the molecule is C[C@H](O[C@H](C)[C@H](NC(=O)c1nonc1C1CC1)c1nc2cc([C@@H](COC3CC3)N3CC(F)(F)CNC3=O)ccc2[nH]1)C(F)(F)F. The number of fused-ring (bicyclic) bond motifs is 1. The molecule has 3 heterocycles. The lowest BCUT2D eigenvalue weighted by Crippen LogP contribution is -2.58. The molecule has 45 heavy (non-hydrogen) atoms. The van der Waals surface area contributed by atoms with Gasteiger partial charge in [-0.1, -0.05) is 11.2 Å². The molecule has 3 amide bonds. The highest BCUT2D eigenvalue weighted by Crippen LogP contribution is 2.40. The van der Waals surface area contributed by atoms with Crippen LogP contribution in [0.25, 0.3) is 11.0 Å². The standard InChI is InChI=1S/C28H32F5N7O5/c1-13(44-14(2)28(31,32)33)21(37-25(41)23-22(15-3-4-15)38-45-39-23)24-35-18-8-5-16(9-19(18)36-24)20(10-43-17-6-7-17)40-12-27(29,30)11-34-26(40)42/h5,8-9,13-15,17,20-21H,3-4,6-7,10-12H2,1-2H3,(H,34,42)(H,35,36)(H,37,41)/t13-,14+,20-,21+/m1/s1. The van der Waals surface area contributed by atoms with Crippen molar-refractivity contribution in [1.29, 1.82) is 0 Å². The average molecular weight is 642 g/mol. The smallest absolute Gasteiger partial charge is 0.376 e. The Kier molecular flexibility index (Phi) is 8.18. The highest BCUT2D eigenvalue weighted by molar-refractivity contribution is 5.93. The predicted molar refractivity (Wildman–Crippen MR) is 145 cm³/mol. The summed E-state index contributed by atoms with van der Waals surface area (Å²) >= 11 is 0. The number of hydrogen-bond acceptors (Lipinski definition) is 8. The zero-order chi connectivity index (χ0) is 32.1. The first kappa shape index (κ1) is 31.1. The van der Waals surface area contributed by atoms with Gasteiger partial charge in [-0.2, -0.15) is 13.2 Å². The second-order valence-corrected chi connectivity index (χ2v) is 11.8. The second-order valence-electron chi connectivity index (χ2n) is 11.8. The second kappa shape index (κ2) is 11.8. The molecule has 0 bridgehead atoms. The quantitative estimate of drug-likeness (QED) is 0.245. The number of ether oxygens (including phenoxy) is 2. The van der Waals surface area contributed by atoms with E-state index in [0.717, 1.165) is 37.5 Å². The molecule has 3 fully saturated rings. The van der Waals surface area contributed by atoms with Gasteiger partial charge >= 0.3 is 12.2 Å². The Balaban J connectivity index is 1.31. The van der Waals surface area contributed by atoms with Crippen LogP contribution in [0.1, 0.15) is 85.1 Å². The van der Waals surface area contributed by atoms with Gasteiger partial charge in [-0.05, 0) is 62.4 Å². The molecule has 6 rings (SSSR count). The molecule has 1 aromatic carbocycles. The molecule has 2 saturated carbocycles. The largest absolute Gasteiger partial charge is 0.414 e. The number of alkyl halides is 5. The third kappa shape index (κ3) is 7.03. The van der Waals surface area contributed by atoms with Crippen molar-refractivity contribution < 1.29 is 45.6 Å². The van der Waals surface area contributed by atoms with Crippen LogP contribution in [-0.2, 0) is 9.47 Å². The first-order valence-electron chi connectivity index (χ1n) is 14.7. The number of nitrogens with one attached hydrogen (secondary N) is 3. The molecule has 2 aromatic heterocycles. The summed E-state index contributed by atoms with van der Waals surface area (Å²) in [6, 6.07) is 2.10. The molecule has 17 heteroatoms. The normalized spacial score (nSPS) is 21.3. The third-order valence-electron chi connectivity index (χ3n) is 8.08. The van der Waals surface area contributed by atoms with Gasteiger partial charge in [0.05, 0.1) is 49.0 Å². The number of aromatic amines is 1. The van der Waals surface area contributed by atoms with E-state index >= 15 is 0 Å². The van der Waals surface area contributed by atoms with E-state index in [9.17, 15) is 31.5 Å². The van der Waals surface area contributed by atoms with Crippen molar-refractivity contribution in [3.63, 3.8) is 0 Å². The van der Waals surface area contributed by atoms with E-state index in [1.165, 1.54) is 6.92 Å². The number of nitrogens with zero attached hydrogens (tertiary/aromatic N) is 4. The van der Waals surface area contributed by atoms with E-state index in [1.807, 2.05) is 0 Å². The molecule has 4 atom stereocenters. The maximum absolute atomic E-state index is 14.3. The van der Waals surface area contributed by atoms with E-state index < -0.39 is 61.4 Å². The van der Waals surface area contributed by atoms with Crippen molar-refractivity contribution in [1.82, 2.24) is 35.8 Å². The lowest BCUT2D eigenvalue weighted by atomic mass is 10.0. The molecule has 244 valence electrons. The van der Waals surface area contributed by atoms with Crippen molar-refractivity contribution >= 4 is 23.0 Å². The highest BCUT2D eigenvalue weighted by Gasteiger charge is 2.43. The Morgan fingerprint density at radius 3 is 2.64 bits per heavy atom. The predicted octanol–water partition coefficient (Wildman–Crippen LogP) is 4.53. The number of H-pyrrole nitrogens is 1. The van der Waals surface area contributed by atoms with Crippen molar-refractivity contribution in [3.8, 4) is 0 Å². The summed E-state index contributed by atoms with van der Waals surface area (Å²) in [4.78, 5) is 34.5. The zero-order valence-corrected chi connectivity index (χ0v) is 24.4. The van der Waals surface area contributed by atoms with Crippen LogP contribution in [0.2, 0.25) is 0 Å². The molecule has 3 aliphatic rings. The molecule has 0 spiro atoms. The molecule has 12 nitrogen and oxygen atoms in total. The minimum Gasteiger partial charge on any atom is -0.376 e. The van der Waals surface area contributed by atoms with E-state index in [-0.39, 0.29) is 30.1 Å². The molecule has 2 aliphatic carbocycles. The van der Waals surface area contributed by atoms with E-state index in [0.29, 0.717) is 22.3 Å². The van der Waals surface area contributed by atoms with Gasteiger partial charge in [-0.3, -0.25) is 4.79 Å². The number of carbonyl (C=O) groups is 2. The average Bonchev–Trinajstić information content (AvgIpc) is 3.90. The Labute approximate surface area is 253 Å². The van der Waals surface area contributed by atoms with Crippen molar-refractivity contribution in [2.75, 3.05) is 19.7 Å². The van der Waals surface area contributed by atoms with Gasteiger partial charge in [0.25, 0.3) is 11.8 Å². The fourth-order valence-electron chi connectivity index (χ4n) is 5.23. The first-order chi connectivity index (χ1) is 21.3. The Hall–Kier alpha value is -3.86. The summed E-state index contributed by atoms with van der Waals surface area (Å²) in [6.07, 6.45) is -4.77. The summed E-state index contributed by atoms with van der Waals surface area (Å²) in [5.74, 6) is -3.79. The van der Waals surface area contributed by atoms with Crippen LogP contribution in [0.15, 0.2) is 22.8 Å². The maximum Gasteiger partial charge on any atom is 0.414 e. The van der Waals surface area contributed by atoms with Crippen LogP contribution < -0.4 is 10.6 Å². The van der Waals surface area contributed by atoms with Gasteiger partial charge in [0, 0.05) is 5.92 Å². The molecule has 0 unspecified atom stereocenters. The van der Waals surface area contributed by atoms with Crippen molar-refractivity contribution in [2.45, 2.75) is 87.9 Å². The number of carbonyl (C=O) groups excluding carboxylic acids is 2. The minimum atomic E-state index is -4.66. The van der Waals surface area contributed by atoms with Crippen LogP contribution in [-0.4, -0.2) is 87.2 Å². The molecular formula is C28H32F5N7O5. The van der Waals surface area contributed by atoms with Gasteiger partial charge in [0.15, 0.2) is 11.8 Å². The summed E-state index contributed by atoms with van der Waals surface area (Å²) in [7, 11) is 0. The van der Waals surface area contributed by atoms with Crippen LogP contribution in [0, 0.1) is 0 Å². The summed E-state index contributed by atoms with van der Waals surface area (Å²) < 4.78 is 84.7. The Morgan fingerprint density at radius 1 is 1.20 bits per heavy atom. The number of rotatable bonds is 12. The lowest BCUT2D eigenvalue weighted by Gasteiger charge is -2.38. The van der Waals surface area contributed by atoms with Crippen molar-refractivity contribution in [3.05, 3.63) is 41.0 Å². The first-order valence-corrected chi connectivity index (χ1v) is 14.7.